The van der Waals surface area contributed by atoms with E-state index in [0.717, 1.165) is 17.8 Å². The van der Waals surface area contributed by atoms with Crippen molar-refractivity contribution in [3.8, 4) is 11.5 Å². The van der Waals surface area contributed by atoms with E-state index in [1.807, 2.05) is 13.0 Å². The van der Waals surface area contributed by atoms with Gasteiger partial charge in [-0.15, -0.1) is 0 Å². The lowest BCUT2D eigenvalue weighted by Crippen LogP contribution is -2.27. The molecule has 2 fully saturated rings. The number of benzene rings is 1. The van der Waals surface area contributed by atoms with Crippen molar-refractivity contribution in [1.29, 1.82) is 0 Å². The first-order valence-corrected chi connectivity index (χ1v) is 12.2. The Hall–Kier alpha value is -1.25. The second-order valence-electron chi connectivity index (χ2n) is 9.39. The molecular weight excluding hydrogens is 363 g/mol. The number of ether oxygens (including phenoxy) is 2. The van der Waals surface area contributed by atoms with Crippen molar-refractivity contribution in [3.05, 3.63) is 24.0 Å². The molecule has 0 amide bonds. The molecule has 0 saturated heterocycles. The molecule has 164 valence electrons. The van der Waals surface area contributed by atoms with Crippen molar-refractivity contribution in [2.45, 2.75) is 90.9 Å². The Balaban J connectivity index is 1.34. The maximum atomic E-state index is 14.0. The fraction of sp³-hybridized carbons (Fsp3) is 0.769. The van der Waals surface area contributed by atoms with Gasteiger partial charge < -0.3 is 9.47 Å². The summed E-state index contributed by atoms with van der Waals surface area (Å²) in [6, 6.07) is 4.94. The highest BCUT2D eigenvalue weighted by atomic mass is 19.1. The molecule has 0 spiro atoms. The molecule has 2 aliphatic rings. The van der Waals surface area contributed by atoms with Crippen LogP contribution in [0, 0.1) is 29.5 Å². The van der Waals surface area contributed by atoms with Crippen LogP contribution >= 0.6 is 0 Å². The normalized spacial score (nSPS) is 27.6. The number of hydrogen-bond donors (Lipinski definition) is 0. The zero-order chi connectivity index (χ0) is 20.5. The second-order valence-corrected chi connectivity index (χ2v) is 9.39. The third kappa shape index (κ3) is 6.89. The summed E-state index contributed by atoms with van der Waals surface area (Å²) < 4.78 is 25.1. The summed E-state index contributed by atoms with van der Waals surface area (Å²) >= 11 is 0. The van der Waals surface area contributed by atoms with Gasteiger partial charge in [-0.2, -0.15) is 0 Å². The predicted octanol–water partition coefficient (Wildman–Crippen LogP) is 7.80. The van der Waals surface area contributed by atoms with Crippen LogP contribution in [0.5, 0.6) is 11.5 Å². The molecule has 29 heavy (non-hydrogen) atoms. The summed E-state index contributed by atoms with van der Waals surface area (Å²) in [5, 5.41) is 0. The van der Waals surface area contributed by atoms with Crippen LogP contribution in [-0.2, 0) is 0 Å². The highest BCUT2D eigenvalue weighted by Crippen LogP contribution is 2.42. The fourth-order valence-corrected chi connectivity index (χ4v) is 5.52. The molecule has 3 rings (SSSR count). The predicted molar refractivity (Wildman–Crippen MR) is 118 cm³/mol. The average molecular weight is 405 g/mol. The lowest BCUT2D eigenvalue weighted by molar-refractivity contribution is 0.121. The van der Waals surface area contributed by atoms with Crippen LogP contribution in [0.4, 0.5) is 4.39 Å². The minimum Gasteiger partial charge on any atom is -0.493 e. The third-order valence-corrected chi connectivity index (χ3v) is 7.35. The number of halogens is 1. The minimum atomic E-state index is -0.335. The molecule has 1 aromatic rings. The molecular formula is C26H41FO2. The van der Waals surface area contributed by atoms with Gasteiger partial charge in [0.2, 0.25) is 0 Å². The van der Waals surface area contributed by atoms with E-state index in [1.54, 1.807) is 6.07 Å². The first kappa shape index (κ1) is 22.4. The first-order chi connectivity index (χ1) is 14.2. The highest BCUT2D eigenvalue weighted by molar-refractivity contribution is 5.33. The minimum absolute atomic E-state index is 0.306. The molecule has 2 aliphatic carbocycles. The third-order valence-electron chi connectivity index (χ3n) is 7.35. The van der Waals surface area contributed by atoms with E-state index in [2.05, 4.69) is 6.92 Å². The van der Waals surface area contributed by atoms with E-state index in [-0.39, 0.29) is 5.82 Å². The Bertz CT molecular complexity index is 586. The van der Waals surface area contributed by atoms with Crippen molar-refractivity contribution in [1.82, 2.24) is 0 Å². The van der Waals surface area contributed by atoms with Gasteiger partial charge >= 0.3 is 0 Å². The Kier molecular flexibility index (Phi) is 9.14. The zero-order valence-electron chi connectivity index (χ0n) is 18.6. The van der Waals surface area contributed by atoms with Crippen LogP contribution in [0.3, 0.4) is 0 Å². The number of rotatable bonds is 10. The molecule has 0 unspecified atom stereocenters. The van der Waals surface area contributed by atoms with Crippen molar-refractivity contribution in [3.63, 3.8) is 0 Å². The molecule has 0 atom stereocenters. The van der Waals surface area contributed by atoms with Crippen LogP contribution in [-0.4, -0.2) is 13.2 Å². The maximum Gasteiger partial charge on any atom is 0.168 e. The smallest absolute Gasteiger partial charge is 0.168 e. The Morgan fingerprint density at radius 1 is 0.828 bits per heavy atom. The molecule has 2 saturated carbocycles. The topological polar surface area (TPSA) is 18.5 Å². The van der Waals surface area contributed by atoms with Crippen molar-refractivity contribution >= 4 is 0 Å². The molecule has 0 bridgehead atoms. The number of unbranched alkanes of at least 4 members (excludes halogenated alkanes) is 2. The largest absolute Gasteiger partial charge is 0.493 e. The Morgan fingerprint density at radius 2 is 1.48 bits per heavy atom. The summed E-state index contributed by atoms with van der Waals surface area (Å²) in [7, 11) is 0. The molecule has 1 aromatic carbocycles. The second kappa shape index (κ2) is 11.8. The number of hydrogen-bond acceptors (Lipinski definition) is 2. The standard InChI is InChI=1S/C26H41FO2/c1-3-5-6-7-20-8-12-22(13-9-20)23-14-10-21(11-15-23)19-29-24-16-17-26(28-4-2)25(27)18-24/h16-18,20-23H,3-15,19H2,1-2H3. The molecule has 0 radical (unpaired) electrons. The molecule has 0 N–H and O–H groups in total. The Morgan fingerprint density at radius 3 is 2.07 bits per heavy atom. The van der Waals surface area contributed by atoms with E-state index < -0.39 is 0 Å². The van der Waals surface area contributed by atoms with Crippen molar-refractivity contribution in [2.75, 3.05) is 13.2 Å². The quantitative estimate of drug-likeness (QED) is 0.370. The van der Waals surface area contributed by atoms with E-state index in [4.69, 9.17) is 9.47 Å². The average Bonchev–Trinajstić information content (AvgIpc) is 2.75. The van der Waals surface area contributed by atoms with Crippen LogP contribution in [0.15, 0.2) is 18.2 Å². The van der Waals surface area contributed by atoms with Gasteiger partial charge in [0.05, 0.1) is 13.2 Å². The molecule has 0 aliphatic heterocycles. The summed E-state index contributed by atoms with van der Waals surface area (Å²) in [6.45, 7) is 5.35. The monoisotopic (exact) mass is 404 g/mol. The molecule has 0 heterocycles. The molecule has 3 heteroatoms. The molecule has 0 aromatic heterocycles. The van der Waals surface area contributed by atoms with Gasteiger partial charge in [0, 0.05) is 6.07 Å². The zero-order valence-corrected chi connectivity index (χ0v) is 18.6. The van der Waals surface area contributed by atoms with Crippen molar-refractivity contribution in [2.24, 2.45) is 23.7 Å². The Labute approximate surface area is 177 Å². The van der Waals surface area contributed by atoms with Crippen LogP contribution in [0.2, 0.25) is 0 Å². The molecule has 2 nitrogen and oxygen atoms in total. The van der Waals surface area contributed by atoms with Crippen LogP contribution < -0.4 is 9.47 Å². The van der Waals surface area contributed by atoms with Crippen LogP contribution in [0.25, 0.3) is 0 Å². The van der Waals surface area contributed by atoms with Gasteiger partial charge in [0.25, 0.3) is 0 Å². The first-order valence-electron chi connectivity index (χ1n) is 12.2. The van der Waals surface area contributed by atoms with Gasteiger partial charge in [0.1, 0.15) is 5.75 Å². The van der Waals surface area contributed by atoms with E-state index >= 15 is 0 Å². The van der Waals surface area contributed by atoms with Crippen molar-refractivity contribution < 1.29 is 13.9 Å². The van der Waals surface area contributed by atoms with Gasteiger partial charge in [-0.25, -0.2) is 4.39 Å². The summed E-state index contributed by atoms with van der Waals surface area (Å²) in [5.41, 5.74) is 0. The lowest BCUT2D eigenvalue weighted by Gasteiger charge is -2.38. The lowest BCUT2D eigenvalue weighted by atomic mass is 9.69. The summed E-state index contributed by atoms with van der Waals surface area (Å²) in [5.74, 6) is 4.13. The van der Waals surface area contributed by atoms with E-state index in [0.29, 0.717) is 30.6 Å². The highest BCUT2D eigenvalue weighted by Gasteiger charge is 2.30. The van der Waals surface area contributed by atoms with Gasteiger partial charge in [0.15, 0.2) is 11.6 Å². The fourth-order valence-electron chi connectivity index (χ4n) is 5.52. The summed E-state index contributed by atoms with van der Waals surface area (Å²) in [6.07, 6.45) is 16.8. The van der Waals surface area contributed by atoms with E-state index in [9.17, 15) is 4.39 Å². The van der Waals surface area contributed by atoms with Gasteiger partial charge in [-0.1, -0.05) is 45.4 Å². The van der Waals surface area contributed by atoms with Gasteiger partial charge in [-0.3, -0.25) is 0 Å². The van der Waals surface area contributed by atoms with Gasteiger partial charge in [-0.05, 0) is 81.3 Å². The summed E-state index contributed by atoms with van der Waals surface area (Å²) in [4.78, 5) is 0. The maximum absolute atomic E-state index is 14.0. The van der Waals surface area contributed by atoms with Crippen LogP contribution in [0.1, 0.15) is 90.9 Å². The van der Waals surface area contributed by atoms with E-state index in [1.165, 1.54) is 83.1 Å². The SMILES string of the molecule is CCCCCC1CCC(C2CCC(COc3ccc(OCC)c(F)c3)CC2)CC1.